The molecule has 0 unspecified atom stereocenters. The maximum atomic E-state index is 13.6. The van der Waals surface area contributed by atoms with Gasteiger partial charge >= 0.3 is 0 Å². The molecule has 0 aliphatic carbocycles. The van der Waals surface area contributed by atoms with Crippen LogP contribution in [0.4, 0.5) is 4.39 Å². The van der Waals surface area contributed by atoms with Gasteiger partial charge in [-0.3, -0.25) is 4.79 Å². The van der Waals surface area contributed by atoms with E-state index < -0.39 is 5.82 Å². The first kappa shape index (κ1) is 14.5. The highest BCUT2D eigenvalue weighted by molar-refractivity contribution is 9.10. The molecule has 0 spiro atoms. The molecule has 108 valence electrons. The monoisotopic (exact) mass is 414 g/mol. The van der Waals surface area contributed by atoms with Crippen molar-refractivity contribution >= 4 is 37.6 Å². The van der Waals surface area contributed by atoms with Crippen LogP contribution >= 0.6 is 31.9 Å². The zero-order chi connectivity index (χ0) is 15.0. The first-order chi connectivity index (χ1) is 10.1. The summed E-state index contributed by atoms with van der Waals surface area (Å²) in [6, 6.07) is 7.58. The number of fused-ring (bicyclic) bond motifs is 1. The third-order valence-electron chi connectivity index (χ3n) is 3.06. The average Bonchev–Trinajstić information content (AvgIpc) is 2.48. The largest absolute Gasteiger partial charge is 0.486 e. The predicted molar refractivity (Wildman–Crippen MR) is 82.7 cm³/mol. The van der Waals surface area contributed by atoms with Gasteiger partial charge in [-0.2, -0.15) is 0 Å². The average molecular weight is 416 g/mol. The lowest BCUT2D eigenvalue weighted by Crippen LogP contribution is -2.16. The summed E-state index contributed by atoms with van der Waals surface area (Å²) >= 11 is 6.41. The summed E-state index contributed by atoms with van der Waals surface area (Å²) in [6.45, 7) is 0.916. The fourth-order valence-electron chi connectivity index (χ4n) is 2.03. The Balaban J connectivity index is 2.03. The molecular formula is C15H9Br2FO3. The number of ether oxygens (including phenoxy) is 2. The van der Waals surface area contributed by atoms with Crippen LogP contribution < -0.4 is 9.47 Å². The summed E-state index contributed by atoms with van der Waals surface area (Å²) in [5.74, 6) is 0.344. The van der Waals surface area contributed by atoms with E-state index in [0.29, 0.717) is 39.2 Å². The topological polar surface area (TPSA) is 35.5 Å². The summed E-state index contributed by atoms with van der Waals surface area (Å²) < 4.78 is 25.4. The maximum Gasteiger partial charge on any atom is 0.194 e. The van der Waals surface area contributed by atoms with Crippen LogP contribution in [0.5, 0.6) is 11.5 Å². The molecular weight excluding hydrogens is 407 g/mol. The van der Waals surface area contributed by atoms with Crippen molar-refractivity contribution in [3.05, 3.63) is 56.2 Å². The first-order valence-corrected chi connectivity index (χ1v) is 7.74. The van der Waals surface area contributed by atoms with Crippen molar-refractivity contribution < 1.29 is 18.7 Å². The van der Waals surface area contributed by atoms with E-state index in [4.69, 9.17) is 9.47 Å². The van der Waals surface area contributed by atoms with Crippen molar-refractivity contribution in [3.8, 4) is 11.5 Å². The van der Waals surface area contributed by atoms with E-state index in [2.05, 4.69) is 31.9 Å². The van der Waals surface area contributed by atoms with Gasteiger partial charge in [0.15, 0.2) is 17.3 Å². The number of ketones is 1. The van der Waals surface area contributed by atoms with Gasteiger partial charge < -0.3 is 9.47 Å². The van der Waals surface area contributed by atoms with Crippen LogP contribution in [-0.4, -0.2) is 19.0 Å². The molecule has 2 aromatic carbocycles. The molecule has 0 fully saturated rings. The number of carbonyl (C=O) groups excluding carboxylic acids is 1. The molecule has 0 amide bonds. The normalized spacial score (nSPS) is 13.1. The molecule has 21 heavy (non-hydrogen) atoms. The SMILES string of the molecule is O=C(c1ccc(Br)c(F)c1)c1cc2c(cc1Br)OCCO2. The Kier molecular flexibility index (Phi) is 3.99. The van der Waals surface area contributed by atoms with Gasteiger partial charge in [0.2, 0.25) is 0 Å². The second-order valence-electron chi connectivity index (χ2n) is 4.43. The van der Waals surface area contributed by atoms with E-state index in [1.54, 1.807) is 18.2 Å². The van der Waals surface area contributed by atoms with Crippen LogP contribution in [-0.2, 0) is 0 Å². The summed E-state index contributed by atoms with van der Waals surface area (Å²) in [5.41, 5.74) is 0.675. The molecule has 1 aliphatic rings. The highest BCUT2D eigenvalue weighted by Gasteiger charge is 2.20. The maximum absolute atomic E-state index is 13.6. The highest BCUT2D eigenvalue weighted by atomic mass is 79.9. The number of carbonyl (C=O) groups is 1. The van der Waals surface area contributed by atoms with Gasteiger partial charge in [0.05, 0.1) is 4.47 Å². The molecule has 0 atom stereocenters. The Morgan fingerprint density at radius 1 is 1.00 bits per heavy atom. The Hall–Kier alpha value is -1.40. The summed E-state index contributed by atoms with van der Waals surface area (Å²) in [6.07, 6.45) is 0. The van der Waals surface area contributed by atoms with Gasteiger partial charge in [0, 0.05) is 15.6 Å². The number of halogens is 3. The number of rotatable bonds is 2. The lowest BCUT2D eigenvalue weighted by molar-refractivity contribution is 0.103. The molecule has 6 heteroatoms. The molecule has 0 N–H and O–H groups in total. The lowest BCUT2D eigenvalue weighted by Gasteiger charge is -2.19. The minimum Gasteiger partial charge on any atom is -0.486 e. The van der Waals surface area contributed by atoms with E-state index in [1.807, 2.05) is 0 Å². The minimum absolute atomic E-state index is 0.271. The standard InChI is InChI=1S/C15H9Br2FO3/c16-10-2-1-8(5-12(10)18)15(19)9-6-13-14(7-11(9)17)21-4-3-20-13/h1-2,5-7H,3-4H2. The van der Waals surface area contributed by atoms with Gasteiger partial charge in [-0.15, -0.1) is 0 Å². The lowest BCUT2D eigenvalue weighted by atomic mass is 10.0. The van der Waals surface area contributed by atoms with Crippen molar-refractivity contribution in [3.63, 3.8) is 0 Å². The molecule has 0 aromatic heterocycles. The van der Waals surface area contributed by atoms with Crippen LogP contribution in [0.15, 0.2) is 39.3 Å². The van der Waals surface area contributed by atoms with Crippen LogP contribution in [0, 0.1) is 5.82 Å². The second-order valence-corrected chi connectivity index (χ2v) is 6.14. The van der Waals surface area contributed by atoms with Gasteiger partial charge in [-0.25, -0.2) is 4.39 Å². The quantitative estimate of drug-likeness (QED) is 0.684. The Morgan fingerprint density at radius 3 is 2.33 bits per heavy atom. The first-order valence-electron chi connectivity index (χ1n) is 6.15. The molecule has 0 saturated carbocycles. The Labute approximate surface area is 137 Å². The fraction of sp³-hybridized carbons (Fsp3) is 0.133. The smallest absolute Gasteiger partial charge is 0.194 e. The van der Waals surface area contributed by atoms with Crippen molar-refractivity contribution in [1.82, 2.24) is 0 Å². The molecule has 1 aliphatic heterocycles. The number of benzene rings is 2. The minimum atomic E-state index is -0.477. The highest BCUT2D eigenvalue weighted by Crippen LogP contribution is 2.36. The van der Waals surface area contributed by atoms with Gasteiger partial charge in [-0.1, -0.05) is 0 Å². The van der Waals surface area contributed by atoms with E-state index in [1.165, 1.54) is 12.1 Å². The van der Waals surface area contributed by atoms with E-state index >= 15 is 0 Å². The molecule has 0 saturated heterocycles. The summed E-state index contributed by atoms with van der Waals surface area (Å²) in [7, 11) is 0. The van der Waals surface area contributed by atoms with Gasteiger partial charge in [-0.05, 0) is 62.2 Å². The van der Waals surface area contributed by atoms with Crippen LogP contribution in [0.2, 0.25) is 0 Å². The van der Waals surface area contributed by atoms with E-state index in [0.717, 1.165) is 0 Å². The van der Waals surface area contributed by atoms with Crippen molar-refractivity contribution in [2.75, 3.05) is 13.2 Å². The van der Waals surface area contributed by atoms with Crippen LogP contribution in [0.1, 0.15) is 15.9 Å². The van der Waals surface area contributed by atoms with E-state index in [9.17, 15) is 9.18 Å². The van der Waals surface area contributed by atoms with Crippen LogP contribution in [0.25, 0.3) is 0 Å². The molecule has 3 rings (SSSR count). The van der Waals surface area contributed by atoms with Crippen molar-refractivity contribution in [2.45, 2.75) is 0 Å². The fourth-order valence-corrected chi connectivity index (χ4v) is 2.78. The molecule has 2 aromatic rings. The number of hydrogen-bond acceptors (Lipinski definition) is 3. The number of hydrogen-bond donors (Lipinski definition) is 0. The third-order valence-corrected chi connectivity index (χ3v) is 4.36. The second kappa shape index (κ2) is 5.77. The van der Waals surface area contributed by atoms with Crippen molar-refractivity contribution in [1.29, 1.82) is 0 Å². The zero-order valence-corrected chi connectivity index (χ0v) is 13.8. The van der Waals surface area contributed by atoms with Crippen molar-refractivity contribution in [2.24, 2.45) is 0 Å². The van der Waals surface area contributed by atoms with Gasteiger partial charge in [0.25, 0.3) is 0 Å². The zero-order valence-electron chi connectivity index (χ0n) is 10.7. The predicted octanol–water partition coefficient (Wildman–Crippen LogP) is 4.35. The third kappa shape index (κ3) is 2.82. The molecule has 3 nitrogen and oxygen atoms in total. The summed E-state index contributed by atoms with van der Waals surface area (Å²) in [4.78, 5) is 12.5. The molecule has 0 radical (unpaired) electrons. The Morgan fingerprint density at radius 2 is 1.67 bits per heavy atom. The van der Waals surface area contributed by atoms with E-state index in [-0.39, 0.29) is 11.3 Å². The summed E-state index contributed by atoms with van der Waals surface area (Å²) in [5, 5.41) is 0. The van der Waals surface area contributed by atoms with Gasteiger partial charge in [0.1, 0.15) is 19.0 Å². The molecule has 0 bridgehead atoms. The Bertz CT molecular complexity index is 731. The van der Waals surface area contributed by atoms with Crippen LogP contribution in [0.3, 0.4) is 0 Å². The molecule has 1 heterocycles.